The second kappa shape index (κ2) is 23.4. The van der Waals surface area contributed by atoms with Crippen LogP contribution in [-0.2, 0) is 32.0 Å². The van der Waals surface area contributed by atoms with Crippen LogP contribution in [0.15, 0.2) is 42.5 Å². The molecule has 48 heavy (non-hydrogen) atoms. The molecule has 3 rings (SSSR count). The first-order valence-electron chi connectivity index (χ1n) is 14.7. The molecular weight excluding hydrogens is 710 g/mol. The first kappa shape index (κ1) is 47.2. The molecule has 5 atom stereocenters. The van der Waals surface area contributed by atoms with Crippen LogP contribution in [0.4, 0.5) is 0 Å². The van der Waals surface area contributed by atoms with Crippen LogP contribution in [0.25, 0.3) is 11.1 Å². The second-order valence-electron chi connectivity index (χ2n) is 10.9. The molecule has 0 saturated carbocycles. The lowest BCUT2D eigenvalue weighted by atomic mass is 9.96. The summed E-state index contributed by atoms with van der Waals surface area (Å²) in [5.74, 6) is -2.22. The maximum absolute atomic E-state index is 13.5. The average molecular weight is 759 g/mol. The standard InChI is InChI=1S/C30H44N8O6.4ClH/c31-8-10-36-27(41)22(33)5-2-9-35-29(43)24-12-17-3-1-4-18(11-17)19-6-7-26(40)20(13-19)14-23(34)28(42)37-25(30(44)38-24)15-21(39)16-32;;;;/h1,3-4,6-7,11,13,21-25,39-40H,2,5,8-10,12,14-16,31-34H2,(H,35,43)(H,36,41)(H,37,42)(H,38,44);4*1H/t21-,22+,23+,24+,25+;;;;/m1..../s1. The fraction of sp³-hybridized carbons (Fsp3) is 0.467. The van der Waals surface area contributed by atoms with Crippen molar-refractivity contribution in [3.8, 4) is 16.9 Å². The van der Waals surface area contributed by atoms with Crippen molar-refractivity contribution in [2.75, 3.05) is 26.2 Å². The van der Waals surface area contributed by atoms with Gasteiger partial charge in [0.2, 0.25) is 23.6 Å². The zero-order valence-corrected chi connectivity index (χ0v) is 29.5. The van der Waals surface area contributed by atoms with E-state index in [1.807, 2.05) is 24.3 Å². The maximum atomic E-state index is 13.5. The maximum Gasteiger partial charge on any atom is 0.243 e. The smallest absolute Gasteiger partial charge is 0.243 e. The first-order valence-corrected chi connectivity index (χ1v) is 14.7. The number of aliphatic hydroxyl groups is 1. The zero-order valence-electron chi connectivity index (χ0n) is 26.3. The lowest BCUT2D eigenvalue weighted by Gasteiger charge is -2.25. The van der Waals surface area contributed by atoms with Crippen molar-refractivity contribution < 1.29 is 29.4 Å². The predicted octanol–water partition coefficient (Wildman–Crippen LogP) is -0.850. The number of rotatable bonds is 11. The van der Waals surface area contributed by atoms with Gasteiger partial charge in [0.25, 0.3) is 0 Å². The molecule has 0 fully saturated rings. The van der Waals surface area contributed by atoms with Crippen molar-refractivity contribution in [3.05, 3.63) is 53.6 Å². The molecule has 0 unspecified atom stereocenters. The third-order valence-electron chi connectivity index (χ3n) is 7.37. The number of hydrogen-bond acceptors (Lipinski definition) is 10. The number of carbonyl (C=O) groups excluding carboxylic acids is 4. The molecule has 1 heterocycles. The van der Waals surface area contributed by atoms with Crippen LogP contribution in [0.1, 0.15) is 30.4 Å². The Morgan fingerprint density at radius 1 is 0.917 bits per heavy atom. The quantitative estimate of drug-likeness (QED) is 0.127. The van der Waals surface area contributed by atoms with E-state index in [4.69, 9.17) is 22.9 Å². The van der Waals surface area contributed by atoms with Crippen molar-refractivity contribution >= 4 is 73.3 Å². The molecule has 18 heteroatoms. The fourth-order valence-electron chi connectivity index (χ4n) is 4.85. The molecule has 272 valence electrons. The monoisotopic (exact) mass is 756 g/mol. The van der Waals surface area contributed by atoms with E-state index in [2.05, 4.69) is 21.3 Å². The Morgan fingerprint density at radius 3 is 2.27 bits per heavy atom. The van der Waals surface area contributed by atoms with Crippen molar-refractivity contribution in [1.82, 2.24) is 21.3 Å². The molecule has 0 radical (unpaired) electrons. The molecule has 0 aromatic heterocycles. The lowest BCUT2D eigenvalue weighted by molar-refractivity contribution is -0.133. The predicted molar refractivity (Wildman–Crippen MR) is 194 cm³/mol. The lowest BCUT2D eigenvalue weighted by Crippen LogP contribution is -2.57. The van der Waals surface area contributed by atoms with Crippen LogP contribution in [0.2, 0.25) is 0 Å². The van der Waals surface area contributed by atoms with Gasteiger partial charge < -0.3 is 54.4 Å². The summed E-state index contributed by atoms with van der Waals surface area (Å²) in [4.78, 5) is 51.9. The van der Waals surface area contributed by atoms with Crippen LogP contribution < -0.4 is 44.2 Å². The Balaban J connectivity index is 0. The van der Waals surface area contributed by atoms with Crippen LogP contribution >= 0.6 is 49.6 Å². The highest BCUT2D eigenvalue weighted by atomic mass is 35.5. The Hall–Kier alpha value is -2.92. The molecule has 14 nitrogen and oxygen atoms in total. The van der Waals surface area contributed by atoms with Crippen molar-refractivity contribution in [2.24, 2.45) is 22.9 Å². The Labute approximate surface area is 304 Å². The highest BCUT2D eigenvalue weighted by Gasteiger charge is 2.30. The molecule has 14 N–H and O–H groups in total. The number of nitrogens with one attached hydrogen (secondary N) is 4. The number of halogens is 4. The van der Waals surface area contributed by atoms with Crippen LogP contribution in [-0.4, -0.2) is 90.3 Å². The van der Waals surface area contributed by atoms with Crippen LogP contribution in [0.3, 0.4) is 0 Å². The molecule has 0 saturated heterocycles. The summed E-state index contributed by atoms with van der Waals surface area (Å²) >= 11 is 0. The van der Waals surface area contributed by atoms with E-state index in [0.29, 0.717) is 31.5 Å². The number of fused-ring (bicyclic) bond motifs is 5. The highest BCUT2D eigenvalue weighted by molar-refractivity contribution is 5.93. The zero-order chi connectivity index (χ0) is 32.2. The van der Waals surface area contributed by atoms with Gasteiger partial charge in [0.1, 0.15) is 17.8 Å². The fourth-order valence-corrected chi connectivity index (χ4v) is 4.85. The van der Waals surface area contributed by atoms with E-state index in [0.717, 1.165) is 16.7 Å². The molecule has 0 spiro atoms. The van der Waals surface area contributed by atoms with Gasteiger partial charge in [0.15, 0.2) is 0 Å². The topological polar surface area (TPSA) is 261 Å². The minimum absolute atomic E-state index is 0. The van der Waals surface area contributed by atoms with Crippen molar-refractivity contribution in [2.45, 2.75) is 62.4 Å². The van der Waals surface area contributed by atoms with Gasteiger partial charge in [-0.05, 0) is 47.2 Å². The average Bonchev–Trinajstić information content (AvgIpc) is 3.01. The Kier molecular flexibility index (Phi) is 23.0. The number of carbonyl (C=O) groups is 4. The number of nitrogens with two attached hydrogens (primary N) is 4. The third-order valence-corrected chi connectivity index (χ3v) is 7.37. The number of aromatic hydroxyl groups is 1. The van der Waals surface area contributed by atoms with E-state index < -0.39 is 48.0 Å². The van der Waals surface area contributed by atoms with E-state index in [-0.39, 0.29) is 93.6 Å². The van der Waals surface area contributed by atoms with E-state index >= 15 is 0 Å². The summed E-state index contributed by atoms with van der Waals surface area (Å²) in [5, 5.41) is 31.4. The number of hydrogen-bond donors (Lipinski definition) is 10. The SMILES string of the molecule is Cl.Cl.Cl.Cl.NCCNC(=O)[C@@H](N)CCCNC(=O)[C@@H]1Cc2cccc(c2)-c2ccc(O)c(c2)C[C@H](N)C(=O)N[C@@H](C[C@@H](O)CN)C(=O)N1. The van der Waals surface area contributed by atoms with E-state index in [1.54, 1.807) is 12.1 Å². The van der Waals surface area contributed by atoms with E-state index in [1.165, 1.54) is 6.07 Å². The van der Waals surface area contributed by atoms with Crippen LogP contribution in [0, 0.1) is 0 Å². The minimum atomic E-state index is -1.25. The van der Waals surface area contributed by atoms with Gasteiger partial charge in [-0.3, -0.25) is 19.2 Å². The first-order chi connectivity index (χ1) is 21.0. The largest absolute Gasteiger partial charge is 0.508 e. The van der Waals surface area contributed by atoms with Gasteiger partial charge in [-0.2, -0.15) is 0 Å². The molecule has 0 aliphatic carbocycles. The van der Waals surface area contributed by atoms with Gasteiger partial charge in [-0.1, -0.05) is 30.3 Å². The summed E-state index contributed by atoms with van der Waals surface area (Å²) in [6.07, 6.45) is -0.508. The van der Waals surface area contributed by atoms with E-state index in [9.17, 15) is 29.4 Å². The molecule has 2 aromatic rings. The molecular formula is C30H48Cl4N8O6. The molecule has 4 amide bonds. The van der Waals surface area contributed by atoms with Gasteiger partial charge in [-0.25, -0.2) is 0 Å². The number of benzene rings is 2. The molecule has 2 aromatic carbocycles. The summed E-state index contributed by atoms with van der Waals surface area (Å²) in [6.45, 7) is 0.647. The Morgan fingerprint density at radius 2 is 1.60 bits per heavy atom. The summed E-state index contributed by atoms with van der Waals surface area (Å²) in [5.41, 5.74) is 25.8. The number of phenolic OH excluding ortho intramolecular Hbond substituents is 1. The summed E-state index contributed by atoms with van der Waals surface area (Å²) in [6, 6.07) is 8.20. The second-order valence-corrected chi connectivity index (χ2v) is 10.9. The van der Waals surface area contributed by atoms with Gasteiger partial charge in [0, 0.05) is 45.4 Å². The molecule has 1 aliphatic rings. The summed E-state index contributed by atoms with van der Waals surface area (Å²) < 4.78 is 0. The summed E-state index contributed by atoms with van der Waals surface area (Å²) in [7, 11) is 0. The molecule has 4 bridgehead atoms. The van der Waals surface area contributed by atoms with Gasteiger partial charge >= 0.3 is 0 Å². The van der Waals surface area contributed by atoms with Crippen molar-refractivity contribution in [3.63, 3.8) is 0 Å². The minimum Gasteiger partial charge on any atom is -0.508 e. The number of aliphatic hydroxyl groups excluding tert-OH is 1. The highest BCUT2D eigenvalue weighted by Crippen LogP contribution is 2.28. The van der Waals surface area contributed by atoms with Gasteiger partial charge in [-0.15, -0.1) is 49.6 Å². The molecule has 1 aliphatic heterocycles. The van der Waals surface area contributed by atoms with Crippen LogP contribution in [0.5, 0.6) is 5.75 Å². The van der Waals surface area contributed by atoms with Gasteiger partial charge in [0.05, 0.1) is 18.2 Å². The third kappa shape index (κ3) is 14.3. The number of amides is 4. The number of phenols is 1. The van der Waals surface area contributed by atoms with Crippen molar-refractivity contribution in [1.29, 1.82) is 0 Å². The normalized spacial score (nSPS) is 18.6. The Bertz CT molecular complexity index is 1330.